The van der Waals surface area contributed by atoms with Crippen LogP contribution in [-0.4, -0.2) is 32.0 Å². The van der Waals surface area contributed by atoms with Gasteiger partial charge in [0.1, 0.15) is 7.85 Å². The molecular weight excluding hydrogens is 155 g/mol. The highest BCUT2D eigenvalue weighted by molar-refractivity contribution is 8.00. The van der Waals surface area contributed by atoms with Crippen molar-refractivity contribution >= 4 is 19.6 Å². The number of hydrogen-bond acceptors (Lipinski definition) is 2. The molecule has 1 aliphatic rings. The van der Waals surface area contributed by atoms with Gasteiger partial charge in [-0.3, -0.25) is 0 Å². The van der Waals surface area contributed by atoms with Crippen LogP contribution in [0.25, 0.3) is 0 Å². The van der Waals surface area contributed by atoms with E-state index in [4.69, 9.17) is 12.6 Å². The highest BCUT2D eigenvalue weighted by Gasteiger charge is 2.27. The van der Waals surface area contributed by atoms with Crippen LogP contribution in [0.15, 0.2) is 0 Å². The lowest BCUT2D eigenvalue weighted by Gasteiger charge is -2.16. The van der Waals surface area contributed by atoms with Gasteiger partial charge in [-0.15, -0.1) is 0 Å². The van der Waals surface area contributed by atoms with Crippen LogP contribution >= 0.6 is 11.8 Å². The van der Waals surface area contributed by atoms with Crippen molar-refractivity contribution in [3.63, 3.8) is 0 Å². The summed E-state index contributed by atoms with van der Waals surface area (Å²) in [5, 5.41) is 0.532. The summed E-state index contributed by atoms with van der Waals surface area (Å²) in [6.45, 7) is 2.24. The van der Waals surface area contributed by atoms with E-state index in [0.29, 0.717) is 5.25 Å². The highest BCUT2D eigenvalue weighted by atomic mass is 32.2. The Morgan fingerprint density at radius 1 is 1.73 bits per heavy atom. The predicted molar refractivity (Wildman–Crippen MR) is 51.2 cm³/mol. The molecule has 1 fully saturated rings. The molecule has 0 aromatic carbocycles. The van der Waals surface area contributed by atoms with Crippen LogP contribution in [0, 0.1) is 5.92 Å². The molecule has 3 atom stereocenters. The van der Waals surface area contributed by atoms with E-state index in [1.807, 2.05) is 11.8 Å². The van der Waals surface area contributed by atoms with E-state index in [0.717, 1.165) is 5.92 Å². The highest BCUT2D eigenvalue weighted by Crippen LogP contribution is 2.34. The lowest BCUT2D eigenvalue weighted by atomic mass is 9.90. The first-order chi connectivity index (χ1) is 5.27. The molecule has 1 heterocycles. The fourth-order valence-corrected chi connectivity index (χ4v) is 2.99. The van der Waals surface area contributed by atoms with Gasteiger partial charge in [0.25, 0.3) is 0 Å². The van der Waals surface area contributed by atoms with Crippen molar-refractivity contribution < 1.29 is 4.74 Å². The quantitative estimate of drug-likeness (QED) is 0.595. The summed E-state index contributed by atoms with van der Waals surface area (Å²) in [6, 6.07) is -0.0588. The van der Waals surface area contributed by atoms with Gasteiger partial charge in [0.15, 0.2) is 0 Å². The Morgan fingerprint density at radius 3 is 2.91 bits per heavy atom. The van der Waals surface area contributed by atoms with Crippen LogP contribution < -0.4 is 0 Å². The molecule has 1 unspecified atom stereocenters. The summed E-state index contributed by atoms with van der Waals surface area (Å²) in [7, 11) is 7.44. The zero-order valence-electron chi connectivity index (χ0n) is 7.25. The van der Waals surface area contributed by atoms with E-state index in [1.54, 1.807) is 7.11 Å². The van der Waals surface area contributed by atoms with Gasteiger partial charge in [-0.25, -0.2) is 0 Å². The third-order valence-electron chi connectivity index (χ3n) is 2.33. The molecule has 0 saturated carbocycles. The van der Waals surface area contributed by atoms with Gasteiger partial charge in [0.05, 0.1) is 0 Å². The van der Waals surface area contributed by atoms with Crippen LogP contribution in [0.4, 0.5) is 0 Å². The van der Waals surface area contributed by atoms with Crippen LogP contribution in [0.2, 0.25) is 0 Å². The van der Waals surface area contributed by atoms with Crippen LogP contribution in [0.3, 0.4) is 0 Å². The molecule has 1 rings (SSSR count). The molecule has 0 aromatic heterocycles. The van der Waals surface area contributed by atoms with Crippen molar-refractivity contribution in [2.75, 3.05) is 12.9 Å². The Bertz CT molecular complexity index is 121. The fourth-order valence-electron chi connectivity index (χ4n) is 1.39. The lowest BCUT2D eigenvalue weighted by molar-refractivity contribution is 0.160. The van der Waals surface area contributed by atoms with E-state index >= 15 is 0 Å². The first kappa shape index (κ1) is 9.46. The molecule has 3 heteroatoms. The van der Waals surface area contributed by atoms with Crippen LogP contribution in [0.1, 0.15) is 19.8 Å². The third kappa shape index (κ3) is 2.41. The van der Waals surface area contributed by atoms with Crippen molar-refractivity contribution in [1.29, 1.82) is 0 Å². The van der Waals surface area contributed by atoms with Gasteiger partial charge >= 0.3 is 0 Å². The average Bonchev–Trinajstić information content (AvgIpc) is 2.50. The maximum absolute atomic E-state index is 5.75. The van der Waals surface area contributed by atoms with Crippen LogP contribution in [-0.2, 0) is 4.74 Å². The van der Waals surface area contributed by atoms with E-state index in [9.17, 15) is 0 Å². The molecule has 2 radical (unpaired) electrons. The minimum Gasteiger partial charge on any atom is -0.390 e. The lowest BCUT2D eigenvalue weighted by Crippen LogP contribution is -2.23. The summed E-state index contributed by atoms with van der Waals surface area (Å²) in [6.07, 6.45) is 2.51. The monoisotopic (exact) mass is 170 g/mol. The molecular formula is C8H15BOS. The third-order valence-corrected chi connectivity index (χ3v) is 3.88. The maximum Gasteiger partial charge on any atom is 0.110 e. The van der Waals surface area contributed by atoms with Gasteiger partial charge in [0, 0.05) is 18.4 Å². The van der Waals surface area contributed by atoms with Crippen molar-refractivity contribution in [2.45, 2.75) is 31.0 Å². The normalized spacial score (nSPS) is 34.0. The van der Waals surface area contributed by atoms with Gasteiger partial charge in [-0.2, -0.15) is 11.8 Å². The number of thioether (sulfide) groups is 1. The molecule has 1 saturated heterocycles. The van der Waals surface area contributed by atoms with Gasteiger partial charge in [-0.1, -0.05) is 13.3 Å². The molecule has 1 nitrogen and oxygen atoms in total. The first-order valence-electron chi connectivity index (χ1n) is 4.18. The smallest absolute Gasteiger partial charge is 0.110 e. The fraction of sp³-hybridized carbons (Fsp3) is 1.00. The van der Waals surface area contributed by atoms with Crippen LogP contribution in [0.5, 0.6) is 0 Å². The largest absolute Gasteiger partial charge is 0.390 e. The van der Waals surface area contributed by atoms with E-state index in [2.05, 4.69) is 6.92 Å². The molecule has 62 valence electrons. The van der Waals surface area contributed by atoms with E-state index < -0.39 is 0 Å². The number of ether oxygens (including phenoxy) is 1. The molecule has 11 heavy (non-hydrogen) atoms. The zero-order valence-corrected chi connectivity index (χ0v) is 8.06. The van der Waals surface area contributed by atoms with Crippen molar-refractivity contribution in [1.82, 2.24) is 0 Å². The van der Waals surface area contributed by atoms with E-state index in [-0.39, 0.29) is 6.00 Å². The van der Waals surface area contributed by atoms with Crippen molar-refractivity contribution in [2.24, 2.45) is 5.92 Å². The standard InChI is InChI=1S/C8H15BOS/c1-3-6-4-7(11-5-6)8(9)10-2/h6-8H,3-5H2,1-2H3/t6-,7?,8-/m1/s1. The maximum atomic E-state index is 5.75. The summed E-state index contributed by atoms with van der Waals surface area (Å²) in [5.74, 6) is 2.13. The molecule has 0 N–H and O–H groups in total. The minimum absolute atomic E-state index is 0.0588. The van der Waals surface area contributed by atoms with Gasteiger partial charge in [-0.05, 0) is 18.1 Å². The molecule has 0 aliphatic carbocycles. The Morgan fingerprint density at radius 2 is 2.45 bits per heavy atom. The Balaban J connectivity index is 2.29. The Hall–Kier alpha value is 0.375. The topological polar surface area (TPSA) is 9.23 Å². The SMILES string of the molecule is [B][C@H](OC)C1C[C@@H](CC)CS1. The zero-order chi connectivity index (χ0) is 8.27. The van der Waals surface area contributed by atoms with E-state index in [1.165, 1.54) is 18.6 Å². The molecule has 0 aromatic rings. The van der Waals surface area contributed by atoms with Gasteiger partial charge in [0.2, 0.25) is 0 Å². The second-order valence-electron chi connectivity index (χ2n) is 3.08. The minimum atomic E-state index is -0.0588. The summed E-state index contributed by atoms with van der Waals surface area (Å²) in [5.41, 5.74) is 0. The second-order valence-corrected chi connectivity index (χ2v) is 4.35. The first-order valence-corrected chi connectivity index (χ1v) is 5.22. The number of rotatable bonds is 3. The molecule has 0 amide bonds. The Labute approximate surface area is 74.7 Å². The number of methoxy groups -OCH3 is 1. The van der Waals surface area contributed by atoms with Crippen molar-refractivity contribution in [3.05, 3.63) is 0 Å². The van der Waals surface area contributed by atoms with Crippen molar-refractivity contribution in [3.8, 4) is 0 Å². The predicted octanol–water partition coefficient (Wildman–Crippen LogP) is 1.66. The summed E-state index contributed by atoms with van der Waals surface area (Å²) in [4.78, 5) is 0. The molecule has 0 bridgehead atoms. The van der Waals surface area contributed by atoms with Gasteiger partial charge < -0.3 is 4.74 Å². The molecule has 1 aliphatic heterocycles. The number of hydrogen-bond donors (Lipinski definition) is 0. The molecule has 0 spiro atoms. The second kappa shape index (κ2) is 4.41. The average molecular weight is 170 g/mol. The summed E-state index contributed by atoms with van der Waals surface area (Å²) >= 11 is 1.96. The summed E-state index contributed by atoms with van der Waals surface area (Å²) < 4.78 is 5.08. The Kier molecular flexibility index (Phi) is 3.80.